The van der Waals surface area contributed by atoms with Gasteiger partial charge in [-0.25, -0.2) is 4.79 Å². The fourth-order valence-corrected chi connectivity index (χ4v) is 4.45. The van der Waals surface area contributed by atoms with Gasteiger partial charge in [-0.05, 0) is 49.3 Å². The van der Waals surface area contributed by atoms with E-state index in [0.717, 1.165) is 10.5 Å². The summed E-state index contributed by atoms with van der Waals surface area (Å²) in [6.07, 6.45) is 4.78. The van der Waals surface area contributed by atoms with Crippen molar-refractivity contribution in [1.29, 1.82) is 0 Å². The number of anilines is 1. The highest BCUT2D eigenvalue weighted by molar-refractivity contribution is 6.12. The first-order valence-corrected chi connectivity index (χ1v) is 15.5. The minimum absolute atomic E-state index is 0.0947. The van der Waals surface area contributed by atoms with Gasteiger partial charge in [0.25, 0.3) is 11.8 Å². The van der Waals surface area contributed by atoms with Crippen molar-refractivity contribution in [3.05, 3.63) is 42.0 Å². The van der Waals surface area contributed by atoms with Gasteiger partial charge in [0.05, 0.1) is 5.92 Å². The maximum atomic E-state index is 13.3. The maximum Gasteiger partial charge on any atom is 0.312 e. The van der Waals surface area contributed by atoms with E-state index in [0.29, 0.717) is 31.4 Å². The molecule has 1 heterocycles. The molecule has 2 rings (SSSR count). The Balaban J connectivity index is 1.95. The predicted octanol–water partition coefficient (Wildman–Crippen LogP) is 1.88. The molecule has 14 heteroatoms. The summed E-state index contributed by atoms with van der Waals surface area (Å²) in [5.74, 6) is -2.91. The Bertz CT molecular complexity index is 1260. The zero-order valence-corrected chi connectivity index (χ0v) is 26.9. The van der Waals surface area contributed by atoms with Crippen LogP contribution in [0.2, 0.25) is 0 Å². The molecule has 252 valence electrons. The fourth-order valence-electron chi connectivity index (χ4n) is 4.45. The zero-order chi connectivity index (χ0) is 34.2. The number of carbonyl (C=O) groups excluding carboxylic acids is 7. The molecule has 1 aliphatic rings. The van der Waals surface area contributed by atoms with Gasteiger partial charge in [-0.1, -0.05) is 46.2 Å². The number of benzene rings is 1. The number of hydrogen-bond donors (Lipinski definition) is 5. The van der Waals surface area contributed by atoms with Gasteiger partial charge in [-0.3, -0.25) is 33.7 Å². The van der Waals surface area contributed by atoms with Gasteiger partial charge in [0.2, 0.25) is 17.7 Å². The smallest absolute Gasteiger partial charge is 0.312 e. The van der Waals surface area contributed by atoms with Crippen molar-refractivity contribution < 1.29 is 38.3 Å². The first-order chi connectivity index (χ1) is 21.8. The molecule has 0 fully saturated rings. The molecule has 1 aromatic carbocycles. The number of esters is 1. The fraction of sp³-hybridized carbons (Fsp3) is 0.531. The van der Waals surface area contributed by atoms with Crippen LogP contribution in [-0.2, 0) is 40.1 Å². The van der Waals surface area contributed by atoms with Crippen LogP contribution >= 0.6 is 0 Å². The third kappa shape index (κ3) is 13.1. The minimum atomic E-state index is -0.988. The molecule has 46 heavy (non-hydrogen) atoms. The van der Waals surface area contributed by atoms with Crippen LogP contribution in [0.5, 0.6) is 0 Å². The lowest BCUT2D eigenvalue weighted by molar-refractivity contribution is -0.148. The number of nitrogens with zero attached hydrogens (tertiary/aromatic N) is 1. The molecule has 7 amide bonds. The molecular formula is C32H46N6O8. The molecule has 0 spiro atoms. The lowest BCUT2D eigenvalue weighted by atomic mass is 10.0. The van der Waals surface area contributed by atoms with Crippen LogP contribution in [0.4, 0.5) is 10.5 Å². The lowest BCUT2D eigenvalue weighted by Gasteiger charge is -2.25. The quantitative estimate of drug-likeness (QED) is 0.0854. The van der Waals surface area contributed by atoms with Crippen LogP contribution in [0.3, 0.4) is 0 Å². The topological polar surface area (TPSA) is 206 Å². The van der Waals surface area contributed by atoms with Crippen LogP contribution in [0.25, 0.3) is 0 Å². The van der Waals surface area contributed by atoms with Crippen molar-refractivity contribution in [2.45, 2.75) is 84.9 Å². The number of urea groups is 1. The number of primary amides is 1. The highest BCUT2D eigenvalue weighted by atomic mass is 16.5. The maximum absolute atomic E-state index is 13.3. The summed E-state index contributed by atoms with van der Waals surface area (Å²) in [7, 11) is 0. The monoisotopic (exact) mass is 642 g/mol. The third-order valence-corrected chi connectivity index (χ3v) is 7.13. The van der Waals surface area contributed by atoms with Crippen molar-refractivity contribution >= 4 is 47.2 Å². The Morgan fingerprint density at radius 2 is 1.50 bits per heavy atom. The van der Waals surface area contributed by atoms with E-state index in [1.165, 1.54) is 12.2 Å². The molecule has 0 saturated carbocycles. The van der Waals surface area contributed by atoms with Crippen molar-refractivity contribution in [3.8, 4) is 0 Å². The van der Waals surface area contributed by atoms with Crippen LogP contribution in [0.15, 0.2) is 36.4 Å². The molecule has 0 saturated heterocycles. The zero-order valence-electron chi connectivity index (χ0n) is 26.9. The Labute approximate surface area is 269 Å². The molecule has 1 aromatic rings. The number of imide groups is 1. The Morgan fingerprint density at radius 1 is 0.848 bits per heavy atom. The van der Waals surface area contributed by atoms with Crippen LogP contribution in [-0.4, -0.2) is 71.6 Å². The SMILES string of the molecule is CC(C)C(=O)OCc1ccc(NC(=O)[C@H](CCCNC(N)=O)NC(=O)[C@@H](NC(=O)CCCCCN2C(=O)C=CC2=O)C(C)C)cc1. The molecule has 1 aliphatic heterocycles. The highest BCUT2D eigenvalue weighted by Gasteiger charge is 2.29. The van der Waals surface area contributed by atoms with Crippen molar-refractivity contribution in [1.82, 2.24) is 20.9 Å². The van der Waals surface area contributed by atoms with Crippen LogP contribution in [0.1, 0.15) is 71.8 Å². The van der Waals surface area contributed by atoms with Gasteiger partial charge < -0.3 is 31.7 Å². The summed E-state index contributed by atoms with van der Waals surface area (Å²) < 4.78 is 5.22. The average molecular weight is 643 g/mol. The van der Waals surface area contributed by atoms with E-state index in [1.807, 2.05) is 0 Å². The molecular weight excluding hydrogens is 596 g/mol. The average Bonchev–Trinajstić information content (AvgIpc) is 3.32. The van der Waals surface area contributed by atoms with Gasteiger partial charge in [0, 0.05) is 37.3 Å². The van der Waals surface area contributed by atoms with Gasteiger partial charge in [-0.15, -0.1) is 0 Å². The lowest BCUT2D eigenvalue weighted by Crippen LogP contribution is -2.54. The molecule has 0 unspecified atom stereocenters. The van der Waals surface area contributed by atoms with E-state index in [1.54, 1.807) is 52.0 Å². The minimum Gasteiger partial charge on any atom is -0.461 e. The second-order valence-corrected chi connectivity index (χ2v) is 11.7. The van der Waals surface area contributed by atoms with E-state index < -0.39 is 29.9 Å². The molecule has 14 nitrogen and oxygen atoms in total. The van der Waals surface area contributed by atoms with Crippen LogP contribution < -0.4 is 27.0 Å². The van der Waals surface area contributed by atoms with E-state index in [2.05, 4.69) is 21.3 Å². The van der Waals surface area contributed by atoms with Gasteiger partial charge in [0.1, 0.15) is 18.7 Å². The number of ether oxygens (including phenoxy) is 1. The first-order valence-electron chi connectivity index (χ1n) is 15.5. The Kier molecular flexibility index (Phi) is 15.4. The highest BCUT2D eigenvalue weighted by Crippen LogP contribution is 2.14. The molecule has 2 atom stereocenters. The summed E-state index contributed by atoms with van der Waals surface area (Å²) in [5, 5.41) is 10.7. The van der Waals surface area contributed by atoms with E-state index >= 15 is 0 Å². The van der Waals surface area contributed by atoms with Crippen LogP contribution in [0, 0.1) is 11.8 Å². The molecule has 0 radical (unpaired) electrons. The van der Waals surface area contributed by atoms with Crippen molar-refractivity contribution in [2.24, 2.45) is 17.6 Å². The normalized spacial score (nSPS) is 13.8. The molecule has 0 aromatic heterocycles. The Hall–Kier alpha value is -4.75. The number of hydrogen-bond acceptors (Lipinski definition) is 8. The van der Waals surface area contributed by atoms with Gasteiger partial charge in [-0.2, -0.15) is 0 Å². The Morgan fingerprint density at radius 3 is 2.09 bits per heavy atom. The first kappa shape index (κ1) is 37.4. The number of carbonyl (C=O) groups is 7. The van der Waals surface area contributed by atoms with E-state index in [9.17, 15) is 33.6 Å². The number of nitrogens with two attached hydrogens (primary N) is 1. The van der Waals surface area contributed by atoms with Crippen molar-refractivity contribution in [3.63, 3.8) is 0 Å². The predicted molar refractivity (Wildman–Crippen MR) is 170 cm³/mol. The summed E-state index contributed by atoms with van der Waals surface area (Å²) in [5.41, 5.74) is 6.32. The number of nitrogens with one attached hydrogen (secondary N) is 4. The van der Waals surface area contributed by atoms with Crippen molar-refractivity contribution in [2.75, 3.05) is 18.4 Å². The summed E-state index contributed by atoms with van der Waals surface area (Å²) >= 11 is 0. The largest absolute Gasteiger partial charge is 0.461 e. The second kappa shape index (κ2) is 18.9. The summed E-state index contributed by atoms with van der Waals surface area (Å²) in [4.78, 5) is 86.5. The van der Waals surface area contributed by atoms with Gasteiger partial charge in [0.15, 0.2) is 0 Å². The molecule has 6 N–H and O–H groups in total. The van der Waals surface area contributed by atoms with E-state index in [-0.39, 0.29) is 68.1 Å². The number of unbranched alkanes of at least 4 members (excludes halogenated alkanes) is 2. The summed E-state index contributed by atoms with van der Waals surface area (Å²) in [6, 6.07) is 4.11. The molecule has 0 bridgehead atoms. The van der Waals surface area contributed by atoms with Gasteiger partial charge >= 0.3 is 12.0 Å². The summed E-state index contributed by atoms with van der Waals surface area (Å²) in [6.45, 7) is 7.59. The standard InChI is InChI=1S/C32H46N6O8/c1-20(2)28(37-25(39)10-6-5-7-18-38-26(40)15-16-27(38)41)30(43)36-24(9-8-17-34-32(33)45)29(42)35-23-13-11-22(12-14-23)19-46-31(44)21(3)4/h11-16,20-21,24,28H,5-10,17-19H2,1-4H3,(H,35,42)(H,36,43)(H,37,39)(H3,33,34,45)/t24-,28-/m0/s1. The second-order valence-electron chi connectivity index (χ2n) is 11.7. The number of rotatable bonds is 19. The third-order valence-electron chi connectivity index (χ3n) is 7.13. The molecule has 0 aliphatic carbocycles. The van der Waals surface area contributed by atoms with E-state index in [4.69, 9.17) is 10.5 Å². The number of amides is 7.